The molecule has 4 rings (SSSR count). The normalized spacial score (nSPS) is 20.1. The Morgan fingerprint density at radius 3 is 2.74 bits per heavy atom. The van der Waals surface area contributed by atoms with Crippen LogP contribution in [-0.4, -0.2) is 21.7 Å². The first-order valence-electron chi connectivity index (χ1n) is 8.38. The molecular weight excluding hydrogens is 376 g/mol. The molecule has 0 spiro atoms. The molecule has 2 atom stereocenters. The van der Waals surface area contributed by atoms with Crippen molar-refractivity contribution >= 4 is 40.0 Å². The van der Waals surface area contributed by atoms with Crippen molar-refractivity contribution in [2.24, 2.45) is 5.92 Å². The average Bonchev–Trinajstić information content (AvgIpc) is 3.21. The number of benzene rings is 2. The number of carbonyl (C=O) groups excluding carboxylic acids is 2. The van der Waals surface area contributed by atoms with Gasteiger partial charge in [-0.2, -0.15) is 0 Å². The van der Waals surface area contributed by atoms with E-state index in [-0.39, 0.29) is 17.0 Å². The van der Waals surface area contributed by atoms with Crippen LogP contribution in [-0.2, 0) is 9.59 Å². The van der Waals surface area contributed by atoms with Crippen LogP contribution in [0.4, 0.5) is 14.5 Å². The van der Waals surface area contributed by atoms with Crippen molar-refractivity contribution in [3.8, 4) is 0 Å². The predicted molar refractivity (Wildman–Crippen MR) is 96.5 cm³/mol. The third-order valence-corrected chi connectivity index (χ3v) is 5.21. The topological polar surface area (TPSA) is 66.1 Å². The van der Waals surface area contributed by atoms with Gasteiger partial charge in [-0.15, -0.1) is 0 Å². The monoisotopic (exact) mass is 389 g/mol. The Kier molecular flexibility index (Phi) is 4.19. The predicted octanol–water partition coefficient (Wildman–Crippen LogP) is 4.18. The van der Waals surface area contributed by atoms with Crippen molar-refractivity contribution < 1.29 is 18.4 Å². The lowest BCUT2D eigenvalue weighted by Gasteiger charge is -2.28. The summed E-state index contributed by atoms with van der Waals surface area (Å²) in [6.45, 7) is 1.70. The fourth-order valence-corrected chi connectivity index (χ4v) is 3.80. The summed E-state index contributed by atoms with van der Waals surface area (Å²) in [7, 11) is 0. The van der Waals surface area contributed by atoms with E-state index >= 15 is 0 Å². The maximum atomic E-state index is 14.7. The Morgan fingerprint density at radius 1 is 1.22 bits per heavy atom. The van der Waals surface area contributed by atoms with Gasteiger partial charge in [0.25, 0.3) is 5.91 Å². The number of hydrogen-bond acceptors (Lipinski definition) is 3. The van der Waals surface area contributed by atoms with Crippen LogP contribution in [0.5, 0.6) is 0 Å². The van der Waals surface area contributed by atoms with Gasteiger partial charge in [-0.1, -0.05) is 18.5 Å². The highest BCUT2D eigenvalue weighted by Crippen LogP contribution is 2.44. The number of aromatic nitrogens is 2. The standard InChI is InChI=1S/C19H14ClF2N3O2/c1-2-10-17(15-12(21)5-4-11(20)16(15)22)25(19(27)18(10)26)9-3-6-13-14(7-9)24-8-23-13/h3-8,10,17H,2H2,1H3,(H,23,24). The molecular formula is C19H14ClF2N3O2. The largest absolute Gasteiger partial charge is 0.345 e. The van der Waals surface area contributed by atoms with Gasteiger partial charge < -0.3 is 4.98 Å². The minimum atomic E-state index is -1.12. The Balaban J connectivity index is 1.94. The molecule has 0 aliphatic carbocycles. The second kappa shape index (κ2) is 6.42. The van der Waals surface area contributed by atoms with Crippen LogP contribution in [0.3, 0.4) is 0 Å². The average molecular weight is 390 g/mol. The summed E-state index contributed by atoms with van der Waals surface area (Å²) in [4.78, 5) is 33.4. The second-order valence-electron chi connectivity index (χ2n) is 6.36. The minimum absolute atomic E-state index is 0.253. The number of ketones is 1. The van der Waals surface area contributed by atoms with E-state index in [4.69, 9.17) is 11.6 Å². The Labute approximate surface area is 158 Å². The van der Waals surface area contributed by atoms with Gasteiger partial charge in [-0.3, -0.25) is 14.5 Å². The molecule has 1 aliphatic rings. The lowest BCUT2D eigenvalue weighted by molar-refractivity contribution is -0.135. The third kappa shape index (κ3) is 2.61. The fraction of sp³-hybridized carbons (Fsp3) is 0.211. The molecule has 0 saturated carbocycles. The smallest absolute Gasteiger partial charge is 0.295 e. The molecule has 3 aromatic rings. The molecule has 1 aliphatic heterocycles. The van der Waals surface area contributed by atoms with E-state index in [9.17, 15) is 18.4 Å². The maximum absolute atomic E-state index is 14.7. The number of hydrogen-bond donors (Lipinski definition) is 1. The molecule has 1 fully saturated rings. The molecule has 0 bridgehead atoms. The third-order valence-electron chi connectivity index (χ3n) is 4.92. The van der Waals surface area contributed by atoms with Gasteiger partial charge in [0.15, 0.2) is 0 Å². The summed E-state index contributed by atoms with van der Waals surface area (Å²) in [6.07, 6.45) is 1.75. The number of amides is 1. The van der Waals surface area contributed by atoms with E-state index in [0.29, 0.717) is 16.7 Å². The molecule has 1 amide bonds. The molecule has 0 radical (unpaired) electrons. The van der Waals surface area contributed by atoms with Gasteiger partial charge >= 0.3 is 0 Å². The first-order chi connectivity index (χ1) is 12.9. The molecule has 1 aromatic heterocycles. The van der Waals surface area contributed by atoms with Gasteiger partial charge in [0.05, 0.1) is 34.3 Å². The number of aromatic amines is 1. The van der Waals surface area contributed by atoms with Crippen LogP contribution < -0.4 is 4.90 Å². The molecule has 5 nitrogen and oxygen atoms in total. The molecule has 2 aromatic carbocycles. The number of halogens is 3. The molecule has 138 valence electrons. The van der Waals surface area contributed by atoms with Crippen LogP contribution in [0.15, 0.2) is 36.7 Å². The van der Waals surface area contributed by atoms with E-state index < -0.39 is 35.3 Å². The number of anilines is 1. The van der Waals surface area contributed by atoms with Crippen LogP contribution in [0.2, 0.25) is 5.02 Å². The van der Waals surface area contributed by atoms with E-state index in [2.05, 4.69) is 9.97 Å². The highest BCUT2D eigenvalue weighted by molar-refractivity contribution is 6.45. The number of Topliss-reactive ketones (excluding diaryl/α,β-unsaturated/α-hetero) is 1. The summed E-state index contributed by atoms with van der Waals surface area (Å²) < 4.78 is 29.3. The summed E-state index contributed by atoms with van der Waals surface area (Å²) in [5.74, 6) is -4.17. The minimum Gasteiger partial charge on any atom is -0.345 e. The zero-order valence-corrected chi connectivity index (χ0v) is 14.9. The van der Waals surface area contributed by atoms with Gasteiger partial charge in [0.1, 0.15) is 11.6 Å². The summed E-state index contributed by atoms with van der Waals surface area (Å²) in [5.41, 5.74) is 1.28. The Bertz CT molecular complexity index is 1080. The quantitative estimate of drug-likeness (QED) is 0.540. The second-order valence-corrected chi connectivity index (χ2v) is 6.77. The number of carbonyl (C=O) groups is 2. The SMILES string of the molecule is CCC1C(=O)C(=O)N(c2ccc3nc[nH]c3c2)C1c1c(F)ccc(Cl)c1F. The van der Waals surface area contributed by atoms with E-state index in [1.807, 2.05) is 0 Å². The van der Waals surface area contributed by atoms with Crippen molar-refractivity contribution in [1.82, 2.24) is 9.97 Å². The summed E-state index contributed by atoms with van der Waals surface area (Å²) >= 11 is 5.84. The highest BCUT2D eigenvalue weighted by Gasteiger charge is 2.49. The van der Waals surface area contributed by atoms with Crippen LogP contribution in [0.1, 0.15) is 24.9 Å². The van der Waals surface area contributed by atoms with Crippen LogP contribution in [0.25, 0.3) is 11.0 Å². The number of fused-ring (bicyclic) bond motifs is 1. The van der Waals surface area contributed by atoms with E-state index in [1.54, 1.807) is 25.1 Å². The lowest BCUT2D eigenvalue weighted by atomic mass is 9.90. The van der Waals surface area contributed by atoms with Gasteiger partial charge in [0.2, 0.25) is 5.78 Å². The summed E-state index contributed by atoms with van der Waals surface area (Å²) in [5, 5.41) is -0.267. The van der Waals surface area contributed by atoms with Crippen molar-refractivity contribution in [3.05, 3.63) is 58.9 Å². The molecule has 1 saturated heterocycles. The first-order valence-corrected chi connectivity index (χ1v) is 8.75. The molecule has 8 heteroatoms. The van der Waals surface area contributed by atoms with E-state index in [1.165, 1.54) is 6.33 Å². The number of H-pyrrole nitrogens is 1. The number of imidazole rings is 1. The molecule has 2 heterocycles. The van der Waals surface area contributed by atoms with Crippen molar-refractivity contribution in [1.29, 1.82) is 0 Å². The van der Waals surface area contributed by atoms with Crippen molar-refractivity contribution in [3.63, 3.8) is 0 Å². The lowest BCUT2D eigenvalue weighted by Crippen LogP contribution is -2.30. The maximum Gasteiger partial charge on any atom is 0.295 e. The van der Waals surface area contributed by atoms with Crippen LogP contribution >= 0.6 is 11.6 Å². The zero-order valence-electron chi connectivity index (χ0n) is 14.2. The Hall–Kier alpha value is -2.80. The Morgan fingerprint density at radius 2 is 2.00 bits per heavy atom. The van der Waals surface area contributed by atoms with Crippen molar-refractivity contribution in [2.75, 3.05) is 4.90 Å². The molecule has 27 heavy (non-hydrogen) atoms. The highest BCUT2D eigenvalue weighted by atomic mass is 35.5. The van der Waals surface area contributed by atoms with Gasteiger partial charge in [0, 0.05) is 11.3 Å². The first kappa shape index (κ1) is 17.6. The zero-order chi connectivity index (χ0) is 19.3. The van der Waals surface area contributed by atoms with Gasteiger partial charge in [-0.05, 0) is 36.8 Å². The van der Waals surface area contributed by atoms with Crippen LogP contribution in [0, 0.1) is 17.6 Å². The van der Waals surface area contributed by atoms with Crippen molar-refractivity contribution in [2.45, 2.75) is 19.4 Å². The molecule has 1 N–H and O–H groups in total. The van der Waals surface area contributed by atoms with Gasteiger partial charge in [-0.25, -0.2) is 13.8 Å². The fourth-order valence-electron chi connectivity index (χ4n) is 3.63. The number of nitrogens with zero attached hydrogens (tertiary/aromatic N) is 2. The summed E-state index contributed by atoms with van der Waals surface area (Å²) in [6, 6.07) is 5.92. The number of nitrogens with one attached hydrogen (secondary N) is 1. The molecule has 2 unspecified atom stereocenters. The van der Waals surface area contributed by atoms with E-state index in [0.717, 1.165) is 17.0 Å². The number of rotatable bonds is 3.